The first-order chi connectivity index (χ1) is 8.35. The third kappa shape index (κ3) is 11.7. The number of unbranched alkanes of at least 4 members (excludes halogenated alkanes) is 7. The summed E-state index contributed by atoms with van der Waals surface area (Å²) in [6.07, 6.45) is 19.2. The summed E-state index contributed by atoms with van der Waals surface area (Å²) < 4.78 is 0. The van der Waals surface area contributed by atoms with Crippen molar-refractivity contribution in [3.8, 4) is 0 Å². The summed E-state index contributed by atoms with van der Waals surface area (Å²) in [4.78, 5) is 0. The second-order valence-corrected chi connectivity index (χ2v) is 5.02. The number of allylic oxidation sites excluding steroid dienone is 3. The first-order valence-electron chi connectivity index (χ1n) is 7.63. The zero-order chi connectivity index (χ0) is 12.8. The third-order valence-corrected chi connectivity index (χ3v) is 3.25. The fourth-order valence-corrected chi connectivity index (χ4v) is 2.11. The highest BCUT2D eigenvalue weighted by atomic mass is 14.0. The standard InChI is InChI=1S/C17H32/c1-4-7-9-10-11-12-13-16-17(14-6-3)15-8-5-2/h6,16H,3-5,7-15H2,1-2H3. The lowest BCUT2D eigenvalue weighted by molar-refractivity contribution is 0.610. The normalized spacial score (nSPS) is 11.8. The Balaban J connectivity index is 3.57. The molecule has 17 heavy (non-hydrogen) atoms. The molecule has 0 N–H and O–H groups in total. The van der Waals surface area contributed by atoms with Crippen LogP contribution in [0.1, 0.15) is 84.5 Å². The maximum absolute atomic E-state index is 3.85. The van der Waals surface area contributed by atoms with E-state index in [1.807, 2.05) is 6.08 Å². The lowest BCUT2D eigenvalue weighted by Gasteiger charge is -2.04. The lowest BCUT2D eigenvalue weighted by Crippen LogP contribution is -1.84. The summed E-state index contributed by atoms with van der Waals surface area (Å²) in [7, 11) is 0. The van der Waals surface area contributed by atoms with Gasteiger partial charge in [-0.3, -0.25) is 0 Å². The van der Waals surface area contributed by atoms with Gasteiger partial charge in [-0.15, -0.1) is 6.58 Å². The molecule has 0 radical (unpaired) electrons. The molecule has 0 heteroatoms. The van der Waals surface area contributed by atoms with Gasteiger partial charge in [0.15, 0.2) is 0 Å². The van der Waals surface area contributed by atoms with Crippen LogP contribution in [0.2, 0.25) is 0 Å². The topological polar surface area (TPSA) is 0 Å². The monoisotopic (exact) mass is 236 g/mol. The molecule has 0 unspecified atom stereocenters. The molecule has 0 spiro atoms. The summed E-state index contributed by atoms with van der Waals surface area (Å²) in [6.45, 7) is 8.38. The van der Waals surface area contributed by atoms with E-state index in [0.29, 0.717) is 0 Å². The molecule has 0 aliphatic carbocycles. The maximum Gasteiger partial charge on any atom is -0.0142 e. The van der Waals surface area contributed by atoms with Crippen molar-refractivity contribution in [3.05, 3.63) is 24.3 Å². The Kier molecular flexibility index (Phi) is 13.1. The van der Waals surface area contributed by atoms with Gasteiger partial charge in [-0.05, 0) is 32.1 Å². The van der Waals surface area contributed by atoms with Gasteiger partial charge in [-0.2, -0.15) is 0 Å². The van der Waals surface area contributed by atoms with Crippen molar-refractivity contribution < 1.29 is 0 Å². The molecular formula is C17H32. The molecule has 0 aromatic carbocycles. The minimum atomic E-state index is 1.09. The van der Waals surface area contributed by atoms with Crippen molar-refractivity contribution in [1.82, 2.24) is 0 Å². The highest BCUT2D eigenvalue weighted by Gasteiger charge is 1.95. The molecule has 0 aliphatic rings. The predicted molar refractivity (Wildman–Crippen MR) is 80.4 cm³/mol. The van der Waals surface area contributed by atoms with Gasteiger partial charge in [0.2, 0.25) is 0 Å². The van der Waals surface area contributed by atoms with Gasteiger partial charge >= 0.3 is 0 Å². The molecule has 0 rings (SSSR count). The van der Waals surface area contributed by atoms with Crippen LogP contribution in [0, 0.1) is 0 Å². The van der Waals surface area contributed by atoms with Crippen molar-refractivity contribution >= 4 is 0 Å². The second-order valence-electron chi connectivity index (χ2n) is 5.02. The van der Waals surface area contributed by atoms with Crippen LogP contribution in [-0.2, 0) is 0 Å². The predicted octanol–water partition coefficient (Wildman–Crippen LogP) is 6.43. The Morgan fingerprint density at radius 2 is 1.53 bits per heavy atom. The van der Waals surface area contributed by atoms with Gasteiger partial charge in [-0.1, -0.05) is 70.1 Å². The molecule has 100 valence electrons. The van der Waals surface area contributed by atoms with Crippen LogP contribution in [-0.4, -0.2) is 0 Å². The van der Waals surface area contributed by atoms with Crippen LogP contribution in [0.25, 0.3) is 0 Å². The Morgan fingerprint density at radius 3 is 2.18 bits per heavy atom. The van der Waals surface area contributed by atoms with Crippen molar-refractivity contribution in [2.75, 3.05) is 0 Å². The summed E-state index contributed by atoms with van der Waals surface area (Å²) in [5.41, 5.74) is 1.61. The second kappa shape index (κ2) is 13.5. The highest BCUT2D eigenvalue weighted by Crippen LogP contribution is 2.15. The van der Waals surface area contributed by atoms with Gasteiger partial charge < -0.3 is 0 Å². The summed E-state index contributed by atoms with van der Waals surface area (Å²) in [5, 5.41) is 0. The molecule has 0 aromatic heterocycles. The van der Waals surface area contributed by atoms with E-state index in [1.54, 1.807) is 5.57 Å². The van der Waals surface area contributed by atoms with E-state index in [-0.39, 0.29) is 0 Å². The van der Waals surface area contributed by atoms with Crippen molar-refractivity contribution in [2.45, 2.75) is 84.5 Å². The minimum Gasteiger partial charge on any atom is -0.103 e. The van der Waals surface area contributed by atoms with Crippen LogP contribution in [0.15, 0.2) is 24.3 Å². The van der Waals surface area contributed by atoms with Crippen molar-refractivity contribution in [2.24, 2.45) is 0 Å². The quantitative estimate of drug-likeness (QED) is 0.270. The summed E-state index contributed by atoms with van der Waals surface area (Å²) >= 11 is 0. The SMILES string of the molecule is C=CCC(=CCCCCCCCC)CCCC. The van der Waals surface area contributed by atoms with Crippen molar-refractivity contribution in [1.29, 1.82) is 0 Å². The zero-order valence-corrected chi connectivity index (χ0v) is 12.1. The number of hydrogen-bond acceptors (Lipinski definition) is 0. The molecular weight excluding hydrogens is 204 g/mol. The van der Waals surface area contributed by atoms with Crippen LogP contribution in [0.4, 0.5) is 0 Å². The molecule has 0 aliphatic heterocycles. The molecule has 0 bridgehead atoms. The van der Waals surface area contributed by atoms with E-state index >= 15 is 0 Å². The molecule has 0 heterocycles. The van der Waals surface area contributed by atoms with Crippen LogP contribution in [0.3, 0.4) is 0 Å². The van der Waals surface area contributed by atoms with Gasteiger partial charge in [0.05, 0.1) is 0 Å². The van der Waals surface area contributed by atoms with E-state index in [2.05, 4.69) is 26.5 Å². The summed E-state index contributed by atoms with van der Waals surface area (Å²) in [5.74, 6) is 0. The van der Waals surface area contributed by atoms with E-state index in [0.717, 1.165) is 6.42 Å². The van der Waals surface area contributed by atoms with Crippen LogP contribution >= 0.6 is 0 Å². The molecule has 0 atom stereocenters. The first-order valence-corrected chi connectivity index (χ1v) is 7.63. The first kappa shape index (κ1) is 16.5. The molecule has 0 nitrogen and oxygen atoms in total. The van der Waals surface area contributed by atoms with Gasteiger partial charge in [0.1, 0.15) is 0 Å². The van der Waals surface area contributed by atoms with E-state index < -0.39 is 0 Å². The molecule has 0 amide bonds. The van der Waals surface area contributed by atoms with E-state index in [9.17, 15) is 0 Å². The summed E-state index contributed by atoms with van der Waals surface area (Å²) in [6, 6.07) is 0. The fraction of sp³-hybridized carbons (Fsp3) is 0.765. The highest BCUT2D eigenvalue weighted by molar-refractivity contribution is 5.06. The molecule has 0 saturated heterocycles. The van der Waals surface area contributed by atoms with Crippen LogP contribution < -0.4 is 0 Å². The Bertz CT molecular complexity index is 188. The fourth-order valence-electron chi connectivity index (χ4n) is 2.11. The molecule has 0 fully saturated rings. The zero-order valence-electron chi connectivity index (χ0n) is 12.1. The Labute approximate surface area is 109 Å². The Morgan fingerprint density at radius 1 is 0.882 bits per heavy atom. The van der Waals surface area contributed by atoms with Gasteiger partial charge in [-0.25, -0.2) is 0 Å². The van der Waals surface area contributed by atoms with Gasteiger partial charge in [0.25, 0.3) is 0 Å². The number of rotatable bonds is 12. The molecule has 0 aromatic rings. The minimum absolute atomic E-state index is 1.09. The van der Waals surface area contributed by atoms with Gasteiger partial charge in [0, 0.05) is 0 Å². The van der Waals surface area contributed by atoms with E-state index in [1.165, 1.54) is 64.2 Å². The van der Waals surface area contributed by atoms with E-state index in [4.69, 9.17) is 0 Å². The average molecular weight is 236 g/mol. The smallest absolute Gasteiger partial charge is 0.0142 e. The number of hydrogen-bond donors (Lipinski definition) is 0. The Hall–Kier alpha value is -0.520. The maximum atomic E-state index is 3.85. The largest absolute Gasteiger partial charge is 0.103 e. The van der Waals surface area contributed by atoms with Crippen molar-refractivity contribution in [3.63, 3.8) is 0 Å². The third-order valence-electron chi connectivity index (χ3n) is 3.25. The van der Waals surface area contributed by atoms with Crippen LogP contribution in [0.5, 0.6) is 0 Å². The average Bonchev–Trinajstić information content (AvgIpc) is 2.34. The lowest BCUT2D eigenvalue weighted by atomic mass is 10.0. The molecule has 0 saturated carbocycles.